The van der Waals surface area contributed by atoms with Gasteiger partial charge in [-0.25, -0.2) is 4.79 Å². The summed E-state index contributed by atoms with van der Waals surface area (Å²) in [6.07, 6.45) is 0. The number of rotatable bonds is 5. The number of hydrogen-bond donors (Lipinski definition) is 2. The molecule has 2 aromatic rings. The van der Waals surface area contributed by atoms with E-state index < -0.39 is 0 Å². The highest BCUT2D eigenvalue weighted by Gasteiger charge is 2.14. The molecule has 0 spiro atoms. The standard InChI is InChI=1S/C17H21ClN2O3/c1-12-8-16-14(10-15(12)18)13(9-17(21)23-16)11-19-2-3-20-4-6-22-7-5-20/h8-10,19H,2-7,11H2,1H3/p+2. The second-order valence-electron chi connectivity index (χ2n) is 6.08. The van der Waals surface area contributed by atoms with E-state index in [9.17, 15) is 4.79 Å². The Morgan fingerprint density at radius 3 is 2.83 bits per heavy atom. The van der Waals surface area contributed by atoms with Crippen molar-refractivity contribution >= 4 is 22.6 Å². The lowest BCUT2D eigenvalue weighted by atomic mass is 10.1. The molecule has 0 unspecified atom stereocenters. The maximum Gasteiger partial charge on any atom is 0.336 e. The van der Waals surface area contributed by atoms with E-state index in [4.69, 9.17) is 20.8 Å². The van der Waals surface area contributed by atoms with Crippen molar-refractivity contribution in [3.8, 4) is 0 Å². The van der Waals surface area contributed by atoms with Crippen LogP contribution in [0.15, 0.2) is 27.4 Å². The van der Waals surface area contributed by atoms with Crippen molar-refractivity contribution in [2.24, 2.45) is 0 Å². The van der Waals surface area contributed by atoms with Gasteiger partial charge < -0.3 is 19.4 Å². The van der Waals surface area contributed by atoms with Crippen LogP contribution in [0.25, 0.3) is 11.0 Å². The molecule has 0 aliphatic carbocycles. The highest BCUT2D eigenvalue weighted by Crippen LogP contribution is 2.24. The second kappa shape index (κ2) is 7.45. The zero-order valence-corrected chi connectivity index (χ0v) is 14.1. The van der Waals surface area contributed by atoms with Crippen molar-refractivity contribution in [2.45, 2.75) is 13.5 Å². The summed E-state index contributed by atoms with van der Waals surface area (Å²) in [7, 11) is 0. The van der Waals surface area contributed by atoms with Crippen LogP contribution in [0.5, 0.6) is 0 Å². The summed E-state index contributed by atoms with van der Waals surface area (Å²) in [6, 6.07) is 5.30. The summed E-state index contributed by atoms with van der Waals surface area (Å²) in [5.41, 5.74) is 2.21. The molecule has 2 heterocycles. The third-order valence-corrected chi connectivity index (χ3v) is 4.78. The number of hydrogen-bond acceptors (Lipinski definition) is 3. The largest absolute Gasteiger partial charge is 0.423 e. The number of nitrogens with one attached hydrogen (secondary N) is 1. The highest BCUT2D eigenvalue weighted by molar-refractivity contribution is 6.32. The van der Waals surface area contributed by atoms with Crippen LogP contribution in [-0.2, 0) is 11.3 Å². The van der Waals surface area contributed by atoms with Crippen molar-refractivity contribution in [2.75, 3.05) is 39.4 Å². The first kappa shape index (κ1) is 16.5. The number of morpholine rings is 1. The molecule has 1 aromatic heterocycles. The molecule has 3 rings (SSSR count). The van der Waals surface area contributed by atoms with E-state index in [0.717, 1.165) is 62.5 Å². The minimum absolute atomic E-state index is 0.304. The molecule has 1 aliphatic heterocycles. The minimum Gasteiger partial charge on any atom is -0.423 e. The van der Waals surface area contributed by atoms with Gasteiger partial charge in [0.15, 0.2) is 0 Å². The van der Waals surface area contributed by atoms with E-state index in [2.05, 4.69) is 5.32 Å². The smallest absolute Gasteiger partial charge is 0.336 e. The predicted molar refractivity (Wildman–Crippen MR) is 89.1 cm³/mol. The molecule has 5 nitrogen and oxygen atoms in total. The number of nitrogens with two attached hydrogens (primary N) is 1. The van der Waals surface area contributed by atoms with Gasteiger partial charge in [0.05, 0.1) is 13.2 Å². The monoisotopic (exact) mass is 338 g/mol. The fourth-order valence-corrected chi connectivity index (χ4v) is 3.15. The molecule has 0 bridgehead atoms. The van der Waals surface area contributed by atoms with Gasteiger partial charge in [0.25, 0.3) is 0 Å². The molecule has 6 heteroatoms. The van der Waals surface area contributed by atoms with E-state index in [1.807, 2.05) is 19.1 Å². The first-order valence-corrected chi connectivity index (χ1v) is 8.47. The SMILES string of the molecule is Cc1cc2oc(=O)cc(C[NH2+]CC[NH+]3CCOCC3)c2cc1Cl. The molecule has 124 valence electrons. The summed E-state index contributed by atoms with van der Waals surface area (Å²) in [6.45, 7) is 8.69. The van der Waals surface area contributed by atoms with E-state index in [-0.39, 0.29) is 5.63 Å². The Bertz CT molecular complexity index is 738. The van der Waals surface area contributed by atoms with Crippen LogP contribution >= 0.6 is 11.6 Å². The Morgan fingerprint density at radius 2 is 2.04 bits per heavy atom. The summed E-state index contributed by atoms with van der Waals surface area (Å²) in [5.74, 6) is 0. The molecule has 1 saturated heterocycles. The van der Waals surface area contributed by atoms with Gasteiger partial charge in [0.2, 0.25) is 0 Å². The fourth-order valence-electron chi connectivity index (χ4n) is 2.99. The maximum atomic E-state index is 11.7. The zero-order chi connectivity index (χ0) is 16.2. The lowest BCUT2D eigenvalue weighted by Crippen LogP contribution is -3.16. The number of benzene rings is 1. The van der Waals surface area contributed by atoms with E-state index >= 15 is 0 Å². The van der Waals surface area contributed by atoms with Crippen LogP contribution < -0.4 is 15.8 Å². The van der Waals surface area contributed by atoms with E-state index in [1.54, 1.807) is 11.0 Å². The molecule has 1 aliphatic rings. The molecular weight excluding hydrogens is 316 g/mol. The Kier molecular flexibility index (Phi) is 5.33. The first-order chi connectivity index (χ1) is 11.1. The normalized spacial score (nSPS) is 16.1. The molecular formula is C17H23ClN2O3+2. The molecule has 23 heavy (non-hydrogen) atoms. The van der Waals surface area contributed by atoms with Crippen molar-refractivity contribution in [3.05, 3.63) is 44.8 Å². The molecule has 3 N–H and O–H groups in total. The van der Waals surface area contributed by atoms with E-state index in [1.165, 1.54) is 0 Å². The van der Waals surface area contributed by atoms with Crippen LogP contribution in [0.2, 0.25) is 5.02 Å². The Morgan fingerprint density at radius 1 is 1.26 bits per heavy atom. The van der Waals surface area contributed by atoms with Gasteiger partial charge in [-0.05, 0) is 24.6 Å². The quantitative estimate of drug-likeness (QED) is 0.583. The van der Waals surface area contributed by atoms with Gasteiger partial charge in [0, 0.05) is 22.0 Å². The minimum atomic E-state index is -0.304. The number of aryl methyl sites for hydroxylation is 1. The molecule has 0 radical (unpaired) electrons. The topological polar surface area (TPSA) is 60.5 Å². The lowest BCUT2D eigenvalue weighted by Gasteiger charge is -2.22. The van der Waals surface area contributed by atoms with Crippen LogP contribution in [0.3, 0.4) is 0 Å². The van der Waals surface area contributed by atoms with Gasteiger partial charge in [-0.2, -0.15) is 0 Å². The Labute approximate surface area is 140 Å². The zero-order valence-electron chi connectivity index (χ0n) is 13.4. The lowest BCUT2D eigenvalue weighted by molar-refractivity contribution is -0.920. The molecule has 0 atom stereocenters. The number of quaternary nitrogens is 2. The van der Waals surface area contributed by atoms with Crippen LogP contribution in [0, 0.1) is 6.92 Å². The second-order valence-corrected chi connectivity index (χ2v) is 6.49. The molecule has 1 aromatic carbocycles. The van der Waals surface area contributed by atoms with Gasteiger partial charge in [0.1, 0.15) is 38.3 Å². The first-order valence-electron chi connectivity index (χ1n) is 8.09. The number of fused-ring (bicyclic) bond motifs is 1. The van der Waals surface area contributed by atoms with Gasteiger partial charge >= 0.3 is 5.63 Å². The maximum absolute atomic E-state index is 11.7. The average Bonchev–Trinajstić information content (AvgIpc) is 2.54. The number of ether oxygens (including phenoxy) is 1. The summed E-state index contributed by atoms with van der Waals surface area (Å²) in [4.78, 5) is 13.3. The van der Waals surface area contributed by atoms with Crippen LogP contribution in [-0.4, -0.2) is 39.4 Å². The Hall–Kier alpha value is -1.40. The van der Waals surface area contributed by atoms with Crippen LogP contribution in [0.4, 0.5) is 0 Å². The summed E-state index contributed by atoms with van der Waals surface area (Å²) >= 11 is 6.22. The van der Waals surface area contributed by atoms with Crippen molar-refractivity contribution in [1.82, 2.24) is 0 Å². The molecule has 0 amide bonds. The summed E-state index contributed by atoms with van der Waals surface area (Å²) < 4.78 is 10.7. The summed E-state index contributed by atoms with van der Waals surface area (Å²) in [5, 5.41) is 3.87. The third kappa shape index (κ3) is 4.12. The average molecular weight is 339 g/mol. The molecule has 0 saturated carbocycles. The fraction of sp³-hybridized carbons (Fsp3) is 0.471. The highest BCUT2D eigenvalue weighted by atomic mass is 35.5. The third-order valence-electron chi connectivity index (χ3n) is 4.38. The van der Waals surface area contributed by atoms with Crippen molar-refractivity contribution < 1.29 is 19.4 Å². The Balaban J connectivity index is 1.67. The predicted octanol–water partition coefficient (Wildman–Crippen LogP) is -0.267. The van der Waals surface area contributed by atoms with Crippen molar-refractivity contribution in [1.29, 1.82) is 0 Å². The van der Waals surface area contributed by atoms with Gasteiger partial charge in [-0.3, -0.25) is 0 Å². The van der Waals surface area contributed by atoms with E-state index in [0.29, 0.717) is 10.6 Å². The number of halogens is 1. The van der Waals surface area contributed by atoms with Gasteiger partial charge in [-0.1, -0.05) is 11.6 Å². The van der Waals surface area contributed by atoms with Crippen LogP contribution in [0.1, 0.15) is 11.1 Å². The van der Waals surface area contributed by atoms with Gasteiger partial charge in [-0.15, -0.1) is 0 Å². The van der Waals surface area contributed by atoms with Crippen molar-refractivity contribution in [3.63, 3.8) is 0 Å². The molecule has 1 fully saturated rings.